The number of aliphatic hydroxyl groups is 1. The van der Waals surface area contributed by atoms with Gasteiger partial charge in [0.25, 0.3) is 5.89 Å². The highest BCUT2D eigenvalue weighted by atomic mass is 16.5. The predicted molar refractivity (Wildman–Crippen MR) is 129 cm³/mol. The maximum atomic E-state index is 9.12. The number of hydrogen-bond acceptors (Lipinski definition) is 6. The minimum atomic E-state index is 0.137. The molecule has 0 bridgehead atoms. The first-order valence-electron chi connectivity index (χ1n) is 11.0. The number of ether oxygens (including phenoxy) is 1. The summed E-state index contributed by atoms with van der Waals surface area (Å²) < 4.78 is 11.1. The monoisotopic (exact) mass is 443 g/mol. The largest absolute Gasteiger partial charge is 0.395 e. The van der Waals surface area contributed by atoms with E-state index in [9.17, 15) is 0 Å². The Morgan fingerprint density at radius 2 is 1.82 bits per heavy atom. The maximum absolute atomic E-state index is 9.12. The average Bonchev–Trinajstić information content (AvgIpc) is 3.31. The number of likely N-dealkylation sites (N-methyl/N-ethyl adjacent to an activating group) is 1. The minimum absolute atomic E-state index is 0.137. The van der Waals surface area contributed by atoms with Gasteiger partial charge in [-0.1, -0.05) is 53.7 Å². The molecule has 0 radical (unpaired) electrons. The Labute approximate surface area is 194 Å². The van der Waals surface area contributed by atoms with E-state index in [2.05, 4.69) is 58.4 Å². The molecule has 0 atom stereocenters. The smallest absolute Gasteiger partial charge is 0.258 e. The van der Waals surface area contributed by atoms with Crippen LogP contribution in [-0.4, -0.2) is 47.5 Å². The van der Waals surface area contributed by atoms with Crippen LogP contribution in [-0.2, 0) is 17.9 Å². The molecule has 0 spiro atoms. The molecule has 0 aliphatic heterocycles. The van der Waals surface area contributed by atoms with Gasteiger partial charge in [-0.25, -0.2) is 0 Å². The molecular weight excluding hydrogens is 414 g/mol. The molecule has 0 aliphatic rings. The average molecular weight is 444 g/mol. The predicted octanol–water partition coefficient (Wildman–Crippen LogP) is 4.95. The third-order valence-electron chi connectivity index (χ3n) is 5.63. The summed E-state index contributed by atoms with van der Waals surface area (Å²) in [4.78, 5) is 6.72. The van der Waals surface area contributed by atoms with Crippen LogP contribution in [0.3, 0.4) is 0 Å². The van der Waals surface area contributed by atoms with Gasteiger partial charge in [0.2, 0.25) is 5.82 Å². The molecule has 6 nitrogen and oxygen atoms in total. The lowest BCUT2D eigenvalue weighted by atomic mass is 9.94. The van der Waals surface area contributed by atoms with Gasteiger partial charge in [0, 0.05) is 31.3 Å². The highest BCUT2D eigenvalue weighted by Crippen LogP contribution is 2.31. The number of aromatic nitrogens is 2. The molecule has 1 aromatic heterocycles. The van der Waals surface area contributed by atoms with Crippen molar-refractivity contribution in [3.8, 4) is 34.0 Å². The van der Waals surface area contributed by atoms with Crippen LogP contribution in [0.15, 0.2) is 71.3 Å². The fourth-order valence-corrected chi connectivity index (χ4v) is 3.97. The first-order valence-corrected chi connectivity index (χ1v) is 11.0. The second-order valence-electron chi connectivity index (χ2n) is 8.20. The Morgan fingerprint density at radius 1 is 0.970 bits per heavy atom. The van der Waals surface area contributed by atoms with E-state index in [-0.39, 0.29) is 6.61 Å². The first kappa shape index (κ1) is 22.9. The van der Waals surface area contributed by atoms with E-state index < -0.39 is 0 Å². The van der Waals surface area contributed by atoms with Crippen LogP contribution in [0.4, 0.5) is 0 Å². The number of nitrogens with zero attached hydrogens (tertiary/aromatic N) is 3. The highest BCUT2D eigenvalue weighted by molar-refractivity contribution is 5.74. The van der Waals surface area contributed by atoms with Crippen molar-refractivity contribution < 1.29 is 14.4 Å². The number of methoxy groups -OCH3 is 1. The van der Waals surface area contributed by atoms with Crippen molar-refractivity contribution in [2.45, 2.75) is 20.1 Å². The molecule has 6 heteroatoms. The van der Waals surface area contributed by atoms with Crippen LogP contribution in [0.2, 0.25) is 0 Å². The minimum Gasteiger partial charge on any atom is -0.395 e. The van der Waals surface area contributed by atoms with Gasteiger partial charge in [-0.2, -0.15) is 4.98 Å². The van der Waals surface area contributed by atoms with Crippen LogP contribution in [0.25, 0.3) is 34.0 Å². The second kappa shape index (κ2) is 10.5. The molecule has 3 aromatic carbocycles. The van der Waals surface area contributed by atoms with E-state index >= 15 is 0 Å². The molecule has 0 saturated carbocycles. The molecule has 0 aliphatic carbocycles. The van der Waals surface area contributed by atoms with Gasteiger partial charge >= 0.3 is 0 Å². The molecular formula is C27H29N3O3. The van der Waals surface area contributed by atoms with E-state index in [4.69, 9.17) is 14.4 Å². The number of aliphatic hydroxyl groups excluding tert-OH is 1. The van der Waals surface area contributed by atoms with Crippen LogP contribution < -0.4 is 0 Å². The summed E-state index contributed by atoms with van der Waals surface area (Å²) in [7, 11) is 3.68. The number of benzene rings is 3. The topological polar surface area (TPSA) is 71.6 Å². The second-order valence-corrected chi connectivity index (χ2v) is 8.20. The van der Waals surface area contributed by atoms with Crippen molar-refractivity contribution in [1.82, 2.24) is 15.0 Å². The summed E-state index contributed by atoms with van der Waals surface area (Å²) in [6.07, 6.45) is 0. The Balaban J connectivity index is 1.62. The molecule has 1 heterocycles. The molecule has 0 unspecified atom stereocenters. The third-order valence-corrected chi connectivity index (χ3v) is 5.63. The maximum Gasteiger partial charge on any atom is 0.258 e. The van der Waals surface area contributed by atoms with Crippen molar-refractivity contribution in [2.24, 2.45) is 0 Å². The zero-order valence-electron chi connectivity index (χ0n) is 19.3. The summed E-state index contributed by atoms with van der Waals surface area (Å²) >= 11 is 0. The van der Waals surface area contributed by atoms with Crippen molar-refractivity contribution >= 4 is 0 Å². The Hall–Kier alpha value is -3.32. The normalized spacial score (nSPS) is 11.3. The van der Waals surface area contributed by atoms with Gasteiger partial charge < -0.3 is 14.4 Å². The van der Waals surface area contributed by atoms with Crippen LogP contribution in [0, 0.1) is 6.92 Å². The zero-order chi connectivity index (χ0) is 23.2. The Morgan fingerprint density at radius 3 is 2.61 bits per heavy atom. The Bertz CT molecular complexity index is 1220. The van der Waals surface area contributed by atoms with Gasteiger partial charge in [-0.15, -0.1) is 0 Å². The van der Waals surface area contributed by atoms with Crippen molar-refractivity contribution in [3.63, 3.8) is 0 Å². The van der Waals surface area contributed by atoms with Gasteiger partial charge in [-0.05, 0) is 60.0 Å². The van der Waals surface area contributed by atoms with Gasteiger partial charge in [0.05, 0.1) is 13.2 Å². The van der Waals surface area contributed by atoms with Gasteiger partial charge in [-0.3, -0.25) is 4.90 Å². The standard InChI is InChI=1S/C27H29N3O3/c1-19-7-4-5-10-24(19)25-12-11-22(16-23(25)18-32-3)27-28-26(29-33-27)21-9-6-8-20(15-21)17-30(2)13-14-31/h4-12,15-16,31H,13-14,17-18H2,1-3H3. The highest BCUT2D eigenvalue weighted by Gasteiger charge is 2.15. The molecule has 1 N–H and O–H groups in total. The van der Waals surface area contributed by atoms with Crippen LogP contribution in [0.5, 0.6) is 0 Å². The fraction of sp³-hybridized carbons (Fsp3) is 0.259. The molecule has 0 amide bonds. The SMILES string of the molecule is COCc1cc(-c2nc(-c3cccc(CN(C)CCO)c3)no2)ccc1-c1ccccc1C. The molecule has 170 valence electrons. The lowest BCUT2D eigenvalue weighted by molar-refractivity contribution is 0.185. The number of hydrogen-bond donors (Lipinski definition) is 1. The van der Waals surface area contributed by atoms with Crippen LogP contribution in [0.1, 0.15) is 16.7 Å². The lowest BCUT2D eigenvalue weighted by Crippen LogP contribution is -2.21. The van der Waals surface area contributed by atoms with E-state index in [1.54, 1.807) is 7.11 Å². The third kappa shape index (κ3) is 5.37. The molecule has 4 rings (SSSR count). The summed E-state index contributed by atoms with van der Waals surface area (Å²) in [5, 5.41) is 13.3. The summed E-state index contributed by atoms with van der Waals surface area (Å²) in [6.45, 7) is 4.10. The van der Waals surface area contributed by atoms with Crippen molar-refractivity contribution in [3.05, 3.63) is 83.4 Å². The summed E-state index contributed by atoms with van der Waals surface area (Å²) in [5.74, 6) is 1.02. The van der Waals surface area contributed by atoms with Gasteiger partial charge in [0.1, 0.15) is 0 Å². The van der Waals surface area contributed by atoms with Crippen molar-refractivity contribution in [2.75, 3.05) is 27.3 Å². The van der Waals surface area contributed by atoms with E-state index in [1.165, 1.54) is 11.1 Å². The first-order chi connectivity index (χ1) is 16.1. The number of rotatable bonds is 9. The molecule has 0 saturated heterocycles. The zero-order valence-corrected chi connectivity index (χ0v) is 19.3. The quantitative estimate of drug-likeness (QED) is 0.395. The van der Waals surface area contributed by atoms with Crippen LogP contribution >= 0.6 is 0 Å². The number of aryl methyl sites for hydroxylation is 1. The fourth-order valence-electron chi connectivity index (χ4n) is 3.97. The summed E-state index contributed by atoms with van der Waals surface area (Å²) in [6, 6.07) is 22.6. The van der Waals surface area contributed by atoms with E-state index in [0.717, 1.165) is 34.4 Å². The van der Waals surface area contributed by atoms with Crippen molar-refractivity contribution in [1.29, 1.82) is 0 Å². The molecule has 33 heavy (non-hydrogen) atoms. The Kier molecular flexibility index (Phi) is 7.29. The van der Waals surface area contributed by atoms with E-state index in [0.29, 0.717) is 24.9 Å². The molecule has 4 aromatic rings. The molecule has 0 fully saturated rings. The summed E-state index contributed by atoms with van der Waals surface area (Å²) in [5.41, 5.74) is 7.49. The lowest BCUT2D eigenvalue weighted by Gasteiger charge is -2.15. The van der Waals surface area contributed by atoms with E-state index in [1.807, 2.05) is 37.4 Å². The van der Waals surface area contributed by atoms with Gasteiger partial charge in [0.15, 0.2) is 0 Å².